The molecule has 0 aliphatic carbocycles. The van der Waals surface area contributed by atoms with Crippen molar-refractivity contribution in [1.29, 1.82) is 0 Å². The number of hydrogen-bond acceptors (Lipinski definition) is 5. The molecule has 2 aliphatic heterocycles. The molecule has 0 atom stereocenters. The summed E-state index contributed by atoms with van der Waals surface area (Å²) >= 11 is 0. The predicted octanol–water partition coefficient (Wildman–Crippen LogP) is 4.29. The molecular formula is C26H35N7. The van der Waals surface area contributed by atoms with E-state index in [0.717, 1.165) is 74.4 Å². The third-order valence-electron chi connectivity index (χ3n) is 7.18. The maximum atomic E-state index is 4.92. The molecule has 174 valence electrons. The van der Waals surface area contributed by atoms with Gasteiger partial charge in [0.2, 0.25) is 0 Å². The Morgan fingerprint density at radius 2 is 1.88 bits per heavy atom. The molecule has 7 nitrogen and oxygen atoms in total. The van der Waals surface area contributed by atoms with Crippen molar-refractivity contribution in [3.63, 3.8) is 0 Å². The number of aryl methyl sites for hydroxylation is 3. The van der Waals surface area contributed by atoms with Crippen LogP contribution in [0.3, 0.4) is 0 Å². The molecule has 33 heavy (non-hydrogen) atoms. The maximum absolute atomic E-state index is 4.92. The Morgan fingerprint density at radius 1 is 1.09 bits per heavy atom. The van der Waals surface area contributed by atoms with Gasteiger partial charge >= 0.3 is 0 Å². The molecule has 0 saturated carbocycles. The number of likely N-dealkylation sites (tertiary alicyclic amines) is 1. The highest BCUT2D eigenvalue weighted by Crippen LogP contribution is 2.32. The Kier molecular flexibility index (Phi) is 5.72. The van der Waals surface area contributed by atoms with Crippen LogP contribution in [-0.2, 0) is 26.6 Å². The Balaban J connectivity index is 1.29. The summed E-state index contributed by atoms with van der Waals surface area (Å²) in [6.07, 6.45) is 7.47. The van der Waals surface area contributed by atoms with E-state index in [-0.39, 0.29) is 0 Å². The van der Waals surface area contributed by atoms with Gasteiger partial charge in [0.05, 0.1) is 29.5 Å². The van der Waals surface area contributed by atoms with Crippen molar-refractivity contribution < 1.29 is 0 Å². The summed E-state index contributed by atoms with van der Waals surface area (Å²) < 4.78 is 4.05. The minimum atomic E-state index is 0.796. The van der Waals surface area contributed by atoms with Crippen LogP contribution in [0.25, 0.3) is 11.0 Å². The highest BCUT2D eigenvalue weighted by atomic mass is 15.3. The molecular weight excluding hydrogens is 410 g/mol. The van der Waals surface area contributed by atoms with Crippen LogP contribution in [0.2, 0.25) is 0 Å². The first kappa shape index (κ1) is 21.7. The zero-order chi connectivity index (χ0) is 23.1. The van der Waals surface area contributed by atoms with Gasteiger partial charge in [0.25, 0.3) is 0 Å². The normalized spacial score (nSPS) is 16.0. The van der Waals surface area contributed by atoms with Crippen molar-refractivity contribution in [3.8, 4) is 0 Å². The van der Waals surface area contributed by atoms with Crippen molar-refractivity contribution in [2.45, 2.75) is 59.0 Å². The monoisotopic (exact) mass is 445 g/mol. The molecule has 2 aliphatic rings. The lowest BCUT2D eigenvalue weighted by Crippen LogP contribution is -2.31. The van der Waals surface area contributed by atoms with Crippen LogP contribution >= 0.6 is 0 Å². The Labute approximate surface area is 196 Å². The molecule has 1 fully saturated rings. The van der Waals surface area contributed by atoms with E-state index >= 15 is 0 Å². The van der Waals surface area contributed by atoms with E-state index in [1.807, 2.05) is 17.9 Å². The van der Waals surface area contributed by atoms with Crippen molar-refractivity contribution >= 4 is 16.7 Å². The predicted molar refractivity (Wildman–Crippen MR) is 133 cm³/mol. The second-order valence-electron chi connectivity index (χ2n) is 9.64. The van der Waals surface area contributed by atoms with Gasteiger partial charge in [0.1, 0.15) is 0 Å². The van der Waals surface area contributed by atoms with E-state index in [2.05, 4.69) is 57.6 Å². The molecule has 1 saturated heterocycles. The second kappa shape index (κ2) is 8.69. The van der Waals surface area contributed by atoms with Crippen LogP contribution in [0.1, 0.15) is 48.3 Å². The van der Waals surface area contributed by atoms with Crippen LogP contribution in [0.5, 0.6) is 0 Å². The molecule has 0 unspecified atom stereocenters. The molecule has 0 radical (unpaired) electrons. The molecule has 0 bridgehead atoms. The summed E-state index contributed by atoms with van der Waals surface area (Å²) in [5, 5.41) is 10.5. The summed E-state index contributed by atoms with van der Waals surface area (Å²) in [6.45, 7) is 17.8. The van der Waals surface area contributed by atoms with Gasteiger partial charge in [-0.25, -0.2) is 4.98 Å². The van der Waals surface area contributed by atoms with Gasteiger partial charge in [-0.2, -0.15) is 10.2 Å². The number of pyridine rings is 1. The van der Waals surface area contributed by atoms with Crippen LogP contribution in [0.15, 0.2) is 36.7 Å². The van der Waals surface area contributed by atoms with Crippen molar-refractivity contribution in [1.82, 2.24) is 29.4 Å². The molecule has 5 heterocycles. The maximum Gasteiger partial charge on any atom is 0.159 e. The number of anilines is 1. The first-order valence-electron chi connectivity index (χ1n) is 12.1. The van der Waals surface area contributed by atoms with Gasteiger partial charge in [-0.1, -0.05) is 18.7 Å². The minimum Gasteiger partial charge on any atom is -0.375 e. The van der Waals surface area contributed by atoms with E-state index in [9.17, 15) is 0 Å². The molecule has 5 rings (SSSR count). The Bertz CT molecular complexity index is 1210. The lowest BCUT2D eigenvalue weighted by molar-refractivity contribution is 0.409. The molecule has 3 aromatic heterocycles. The number of allylic oxidation sites excluding steroid dienone is 2. The molecule has 3 aromatic rings. The van der Waals surface area contributed by atoms with Crippen LogP contribution in [0, 0.1) is 13.8 Å². The van der Waals surface area contributed by atoms with Crippen molar-refractivity contribution in [2.75, 3.05) is 24.5 Å². The molecule has 7 heteroatoms. The van der Waals surface area contributed by atoms with E-state index in [4.69, 9.17) is 5.10 Å². The van der Waals surface area contributed by atoms with Crippen LogP contribution in [-0.4, -0.2) is 49.1 Å². The molecule has 0 amide bonds. The number of hydrogen-bond donors (Lipinski definition) is 0. The third kappa shape index (κ3) is 4.16. The van der Waals surface area contributed by atoms with Gasteiger partial charge < -0.3 is 9.80 Å². The first-order chi connectivity index (χ1) is 15.9. The van der Waals surface area contributed by atoms with Crippen molar-refractivity contribution in [3.05, 3.63) is 59.3 Å². The number of aromatic nitrogens is 5. The zero-order valence-electron chi connectivity index (χ0n) is 20.3. The average Bonchev–Trinajstić information content (AvgIpc) is 3.53. The van der Waals surface area contributed by atoms with Crippen LogP contribution in [0.4, 0.5) is 5.69 Å². The smallest absolute Gasteiger partial charge is 0.159 e. The highest BCUT2D eigenvalue weighted by Gasteiger charge is 2.25. The first-order valence-corrected chi connectivity index (χ1v) is 12.1. The lowest BCUT2D eigenvalue weighted by Gasteiger charge is -2.30. The van der Waals surface area contributed by atoms with Gasteiger partial charge in [-0.3, -0.25) is 9.36 Å². The topological polar surface area (TPSA) is 55.0 Å². The summed E-state index contributed by atoms with van der Waals surface area (Å²) in [5.74, 6) is 0. The zero-order valence-corrected chi connectivity index (χ0v) is 20.3. The summed E-state index contributed by atoms with van der Waals surface area (Å²) in [6, 6.07) is 2.18. The second-order valence-corrected chi connectivity index (χ2v) is 9.64. The summed E-state index contributed by atoms with van der Waals surface area (Å²) in [7, 11) is 1.95. The van der Waals surface area contributed by atoms with E-state index < -0.39 is 0 Å². The van der Waals surface area contributed by atoms with Crippen molar-refractivity contribution in [2.24, 2.45) is 7.05 Å². The fourth-order valence-electron chi connectivity index (χ4n) is 5.28. The summed E-state index contributed by atoms with van der Waals surface area (Å²) in [4.78, 5) is 9.57. The molecule has 0 spiro atoms. The van der Waals surface area contributed by atoms with E-state index in [1.165, 1.54) is 41.1 Å². The van der Waals surface area contributed by atoms with Gasteiger partial charge in [-0.15, -0.1) is 0 Å². The highest BCUT2D eigenvalue weighted by molar-refractivity contribution is 5.89. The lowest BCUT2D eigenvalue weighted by atomic mass is 10.0. The fraction of sp³-hybridized carbons (Fsp3) is 0.500. The number of nitrogens with zero attached hydrogens (tertiary/aromatic N) is 7. The van der Waals surface area contributed by atoms with Crippen LogP contribution < -0.4 is 4.90 Å². The molecule has 0 N–H and O–H groups in total. The van der Waals surface area contributed by atoms with E-state index in [1.54, 1.807) is 0 Å². The standard InChI is InChI=1S/C26H35N7/c1-18(8-9-20(3)31-11-6-7-12-31)16-33-24-10-13-32(17-23(24)21(4)29-33)25-14-19(2)28-26-22(25)15-27-30(26)5/h14-15H,1,3,6-13,16-17H2,2,4-5H3. The fourth-order valence-corrected chi connectivity index (χ4v) is 5.28. The quantitative estimate of drug-likeness (QED) is 0.508. The van der Waals surface area contributed by atoms with Gasteiger partial charge in [-0.05, 0) is 45.6 Å². The number of rotatable bonds is 7. The third-order valence-corrected chi connectivity index (χ3v) is 7.18. The Hall–Kier alpha value is -3.09. The molecule has 0 aromatic carbocycles. The SMILES string of the molecule is C=C(CCC(=C)N1CCCC1)Cn1nc(C)c2c1CCN(c1cc(C)nc3c1cnn3C)C2. The van der Waals surface area contributed by atoms with E-state index in [0.29, 0.717) is 0 Å². The average molecular weight is 446 g/mol. The minimum absolute atomic E-state index is 0.796. The number of fused-ring (bicyclic) bond motifs is 2. The summed E-state index contributed by atoms with van der Waals surface area (Å²) in [5.41, 5.74) is 9.49. The largest absolute Gasteiger partial charge is 0.375 e. The Morgan fingerprint density at radius 3 is 2.67 bits per heavy atom. The van der Waals surface area contributed by atoms with Gasteiger partial charge in [0.15, 0.2) is 5.65 Å². The van der Waals surface area contributed by atoms with Gasteiger partial charge in [0, 0.05) is 62.3 Å².